The van der Waals surface area contributed by atoms with Crippen LogP contribution in [0.2, 0.25) is 0 Å². The largest absolute Gasteiger partial charge is 0.468 e. The number of methoxy groups -OCH3 is 1. The van der Waals surface area contributed by atoms with Crippen molar-refractivity contribution in [2.75, 3.05) is 7.11 Å². The van der Waals surface area contributed by atoms with Gasteiger partial charge in [0.05, 0.1) is 13.7 Å². The normalized spacial score (nSPS) is 11.1. The third-order valence-corrected chi connectivity index (χ3v) is 5.37. The summed E-state index contributed by atoms with van der Waals surface area (Å²) in [5.74, 6) is -1.74. The molecule has 0 bridgehead atoms. The van der Waals surface area contributed by atoms with E-state index in [4.69, 9.17) is 4.74 Å². The van der Waals surface area contributed by atoms with Crippen LogP contribution in [0.15, 0.2) is 65.6 Å². The lowest BCUT2D eigenvalue weighted by Crippen LogP contribution is -2.19. The number of hydrogen-bond donors (Lipinski definition) is 0. The summed E-state index contributed by atoms with van der Waals surface area (Å²) in [6.45, 7) is 1.93. The van der Waals surface area contributed by atoms with E-state index in [1.807, 2.05) is 35.8 Å². The highest BCUT2D eigenvalue weighted by atomic mass is 19.1. The number of rotatable bonds is 5. The molecule has 0 aliphatic carbocycles. The highest BCUT2D eigenvalue weighted by Crippen LogP contribution is 2.34. The molecule has 31 heavy (non-hydrogen) atoms. The summed E-state index contributed by atoms with van der Waals surface area (Å²) in [4.78, 5) is 24.4. The molecule has 0 unspecified atom stereocenters. The van der Waals surface area contributed by atoms with Crippen LogP contribution in [0.3, 0.4) is 0 Å². The van der Waals surface area contributed by atoms with Crippen molar-refractivity contribution in [3.8, 4) is 11.1 Å². The molecule has 0 N–H and O–H groups in total. The van der Waals surface area contributed by atoms with Crippen LogP contribution in [-0.2, 0) is 22.6 Å². The molecule has 0 atom stereocenters. The number of para-hydroxylation sites is 1. The van der Waals surface area contributed by atoms with E-state index >= 15 is 0 Å². The van der Waals surface area contributed by atoms with Crippen LogP contribution in [0.25, 0.3) is 22.0 Å². The summed E-state index contributed by atoms with van der Waals surface area (Å²) in [6, 6.07) is 14.1. The molecule has 0 radical (unpaired) electrons. The molecule has 4 aromatic rings. The van der Waals surface area contributed by atoms with Crippen molar-refractivity contribution in [2.45, 2.75) is 20.0 Å². The Labute approximate surface area is 177 Å². The topological polar surface area (TPSA) is 53.2 Å². The van der Waals surface area contributed by atoms with E-state index < -0.39 is 11.6 Å². The van der Waals surface area contributed by atoms with Crippen molar-refractivity contribution in [1.82, 2.24) is 9.13 Å². The second kappa shape index (κ2) is 8.18. The number of halogens is 2. The van der Waals surface area contributed by atoms with Crippen molar-refractivity contribution in [1.29, 1.82) is 0 Å². The molecule has 0 aliphatic heterocycles. The number of nitrogens with zero attached hydrogens (tertiary/aromatic N) is 2. The zero-order valence-electron chi connectivity index (χ0n) is 17.1. The first-order valence-electron chi connectivity index (χ1n) is 9.68. The molecule has 0 aliphatic rings. The standard InChI is InChI=1S/C24H20F2N2O3/c1-15-24(19-5-3-4-6-21(19)28(15)14-23(30)31-2)17-8-10-22(29)27(13-17)12-16-7-9-18(25)11-20(16)26/h3-11,13H,12,14H2,1-2H3. The van der Waals surface area contributed by atoms with Crippen molar-refractivity contribution in [2.24, 2.45) is 0 Å². The van der Waals surface area contributed by atoms with Crippen LogP contribution >= 0.6 is 0 Å². The Balaban J connectivity index is 1.84. The first-order valence-corrected chi connectivity index (χ1v) is 9.68. The van der Waals surface area contributed by atoms with E-state index in [0.29, 0.717) is 0 Å². The zero-order chi connectivity index (χ0) is 22.1. The fraction of sp³-hybridized carbons (Fsp3) is 0.167. The first kappa shape index (κ1) is 20.5. The number of aromatic nitrogens is 2. The van der Waals surface area contributed by atoms with E-state index in [0.717, 1.165) is 39.9 Å². The number of pyridine rings is 1. The van der Waals surface area contributed by atoms with Crippen LogP contribution in [0.4, 0.5) is 8.78 Å². The van der Waals surface area contributed by atoms with Gasteiger partial charge in [-0.25, -0.2) is 8.78 Å². The van der Waals surface area contributed by atoms with E-state index in [-0.39, 0.29) is 30.2 Å². The minimum absolute atomic E-state index is 0.0291. The average Bonchev–Trinajstić information content (AvgIpc) is 3.03. The summed E-state index contributed by atoms with van der Waals surface area (Å²) in [5, 5.41) is 0.919. The number of esters is 1. The minimum atomic E-state index is -0.705. The van der Waals surface area contributed by atoms with E-state index in [1.165, 1.54) is 23.8 Å². The van der Waals surface area contributed by atoms with Gasteiger partial charge in [0.15, 0.2) is 0 Å². The van der Waals surface area contributed by atoms with Gasteiger partial charge in [0.2, 0.25) is 0 Å². The molecule has 0 amide bonds. The third kappa shape index (κ3) is 3.86. The smallest absolute Gasteiger partial charge is 0.325 e. The predicted octanol–water partition coefficient (Wildman–Crippen LogP) is 4.28. The quantitative estimate of drug-likeness (QED) is 0.451. The van der Waals surface area contributed by atoms with Gasteiger partial charge in [-0.15, -0.1) is 0 Å². The summed E-state index contributed by atoms with van der Waals surface area (Å²) in [6.07, 6.45) is 1.66. The van der Waals surface area contributed by atoms with Crippen LogP contribution in [-0.4, -0.2) is 22.2 Å². The number of fused-ring (bicyclic) bond motifs is 1. The lowest BCUT2D eigenvalue weighted by atomic mass is 10.0. The van der Waals surface area contributed by atoms with Crippen molar-refractivity contribution < 1.29 is 18.3 Å². The lowest BCUT2D eigenvalue weighted by Gasteiger charge is -2.11. The molecule has 4 rings (SSSR count). The van der Waals surface area contributed by atoms with Gasteiger partial charge in [0, 0.05) is 51.6 Å². The fourth-order valence-corrected chi connectivity index (χ4v) is 3.83. The molecular formula is C24H20F2N2O3. The van der Waals surface area contributed by atoms with Gasteiger partial charge >= 0.3 is 5.97 Å². The average molecular weight is 422 g/mol. The Hall–Kier alpha value is -3.74. The Kier molecular flexibility index (Phi) is 5.42. The maximum absolute atomic E-state index is 14.1. The Morgan fingerprint density at radius 1 is 1.06 bits per heavy atom. The second-order valence-electron chi connectivity index (χ2n) is 7.26. The Morgan fingerprint density at radius 3 is 2.58 bits per heavy atom. The first-order chi connectivity index (χ1) is 14.9. The van der Waals surface area contributed by atoms with Crippen LogP contribution in [0.1, 0.15) is 11.3 Å². The van der Waals surface area contributed by atoms with Gasteiger partial charge in [0.1, 0.15) is 18.2 Å². The van der Waals surface area contributed by atoms with Gasteiger partial charge < -0.3 is 13.9 Å². The third-order valence-electron chi connectivity index (χ3n) is 5.37. The number of carbonyl (C=O) groups is 1. The Morgan fingerprint density at radius 2 is 1.84 bits per heavy atom. The molecule has 0 fully saturated rings. The van der Waals surface area contributed by atoms with Crippen LogP contribution in [0.5, 0.6) is 0 Å². The summed E-state index contributed by atoms with van der Waals surface area (Å²) < 4.78 is 35.4. The van der Waals surface area contributed by atoms with Gasteiger partial charge in [0.25, 0.3) is 5.56 Å². The maximum Gasteiger partial charge on any atom is 0.325 e. The lowest BCUT2D eigenvalue weighted by molar-refractivity contribution is -0.141. The number of benzene rings is 2. The molecule has 2 heterocycles. The molecule has 2 aromatic heterocycles. The summed E-state index contributed by atoms with van der Waals surface area (Å²) in [5.41, 5.74) is 3.23. The zero-order valence-corrected chi connectivity index (χ0v) is 17.1. The van der Waals surface area contributed by atoms with Crippen LogP contribution in [0, 0.1) is 18.6 Å². The predicted molar refractivity (Wildman–Crippen MR) is 114 cm³/mol. The molecule has 158 valence electrons. The highest BCUT2D eigenvalue weighted by Gasteiger charge is 2.18. The molecule has 5 nitrogen and oxygen atoms in total. The van der Waals surface area contributed by atoms with Gasteiger partial charge in [-0.05, 0) is 25.1 Å². The van der Waals surface area contributed by atoms with E-state index in [2.05, 4.69) is 0 Å². The SMILES string of the molecule is COC(=O)Cn1c(C)c(-c2ccc(=O)n(Cc3ccc(F)cc3F)c2)c2ccccc21. The molecule has 0 saturated carbocycles. The van der Waals surface area contributed by atoms with Crippen molar-refractivity contribution >= 4 is 16.9 Å². The minimum Gasteiger partial charge on any atom is -0.468 e. The number of hydrogen-bond acceptors (Lipinski definition) is 3. The van der Waals surface area contributed by atoms with E-state index in [9.17, 15) is 18.4 Å². The number of ether oxygens (including phenoxy) is 1. The highest BCUT2D eigenvalue weighted by molar-refractivity contribution is 5.98. The molecule has 2 aromatic carbocycles. The van der Waals surface area contributed by atoms with Gasteiger partial charge in [-0.2, -0.15) is 0 Å². The molecule has 0 spiro atoms. The van der Waals surface area contributed by atoms with E-state index in [1.54, 1.807) is 12.3 Å². The fourth-order valence-electron chi connectivity index (χ4n) is 3.83. The van der Waals surface area contributed by atoms with Gasteiger partial charge in [-0.3, -0.25) is 9.59 Å². The Bertz CT molecular complexity index is 1350. The maximum atomic E-state index is 14.1. The second-order valence-corrected chi connectivity index (χ2v) is 7.26. The number of carbonyl (C=O) groups excluding carboxylic acids is 1. The van der Waals surface area contributed by atoms with Gasteiger partial charge in [-0.1, -0.05) is 24.3 Å². The molecule has 7 heteroatoms. The van der Waals surface area contributed by atoms with Crippen LogP contribution < -0.4 is 5.56 Å². The molecule has 0 saturated heterocycles. The molecular weight excluding hydrogens is 402 g/mol. The van der Waals surface area contributed by atoms with Crippen molar-refractivity contribution in [3.05, 3.63) is 94.0 Å². The summed E-state index contributed by atoms with van der Waals surface area (Å²) in [7, 11) is 1.34. The van der Waals surface area contributed by atoms with Crippen molar-refractivity contribution in [3.63, 3.8) is 0 Å². The monoisotopic (exact) mass is 422 g/mol. The summed E-state index contributed by atoms with van der Waals surface area (Å²) >= 11 is 0.